The summed E-state index contributed by atoms with van der Waals surface area (Å²) in [6.07, 6.45) is 2.88. The van der Waals surface area contributed by atoms with Crippen LogP contribution in [-0.4, -0.2) is 49.2 Å². The molecule has 0 spiro atoms. The van der Waals surface area contributed by atoms with Crippen LogP contribution in [0.15, 0.2) is 4.99 Å². The Bertz CT molecular complexity index is 436. The van der Waals surface area contributed by atoms with Crippen LogP contribution in [0.4, 0.5) is 0 Å². The maximum absolute atomic E-state index is 5.90. The highest BCUT2D eigenvalue weighted by atomic mass is 127. The van der Waals surface area contributed by atoms with E-state index in [1.165, 1.54) is 12.8 Å². The van der Waals surface area contributed by atoms with Gasteiger partial charge in [0.05, 0.1) is 6.10 Å². The van der Waals surface area contributed by atoms with E-state index in [9.17, 15) is 0 Å². The van der Waals surface area contributed by atoms with Crippen LogP contribution in [0.3, 0.4) is 0 Å². The molecule has 2 saturated heterocycles. The second kappa shape index (κ2) is 6.46. The van der Waals surface area contributed by atoms with E-state index in [-0.39, 0.29) is 29.4 Å². The van der Waals surface area contributed by atoms with Gasteiger partial charge in [-0.25, -0.2) is 0 Å². The van der Waals surface area contributed by atoms with Crippen LogP contribution < -0.4 is 5.32 Å². The first-order chi connectivity index (χ1) is 9.85. The summed E-state index contributed by atoms with van der Waals surface area (Å²) in [7, 11) is 0. The lowest BCUT2D eigenvalue weighted by atomic mass is 9.57. The fourth-order valence-corrected chi connectivity index (χ4v) is 4.44. The van der Waals surface area contributed by atoms with Gasteiger partial charge in [-0.15, -0.1) is 24.0 Å². The van der Waals surface area contributed by atoms with Crippen molar-refractivity contribution in [2.45, 2.75) is 59.6 Å². The van der Waals surface area contributed by atoms with E-state index >= 15 is 0 Å². The summed E-state index contributed by atoms with van der Waals surface area (Å²) in [6, 6.07) is 0.499. The lowest BCUT2D eigenvalue weighted by Crippen LogP contribution is -2.68. The van der Waals surface area contributed by atoms with Crippen molar-refractivity contribution in [2.24, 2.45) is 21.7 Å². The van der Waals surface area contributed by atoms with Gasteiger partial charge in [0.2, 0.25) is 0 Å². The predicted octanol–water partition coefficient (Wildman–Crippen LogP) is 3.12. The third-order valence-corrected chi connectivity index (χ3v) is 5.67. The average Bonchev–Trinajstić information content (AvgIpc) is 2.99. The summed E-state index contributed by atoms with van der Waals surface area (Å²) in [5.74, 6) is 1.78. The standard InChI is InChI=1S/C17H31N3O.HI/c1-6-18-15(20-9-8-16(2,3)11-20)19-13-12-7-10-21-14(12)17(13,4)5;/h12-14H,6-11H2,1-5H3,(H,18,19);1H. The predicted molar refractivity (Wildman–Crippen MR) is 102 cm³/mol. The lowest BCUT2D eigenvalue weighted by molar-refractivity contribution is -0.107. The Morgan fingerprint density at radius 3 is 2.64 bits per heavy atom. The zero-order valence-corrected chi connectivity index (χ0v) is 17.0. The van der Waals surface area contributed by atoms with Gasteiger partial charge >= 0.3 is 0 Å². The molecule has 0 radical (unpaired) electrons. The molecule has 0 aromatic heterocycles. The van der Waals surface area contributed by atoms with Crippen molar-refractivity contribution in [1.82, 2.24) is 10.2 Å². The fraction of sp³-hybridized carbons (Fsp3) is 0.941. The number of fused-ring (bicyclic) bond motifs is 1. The number of hydrogen-bond acceptors (Lipinski definition) is 2. The molecular formula is C17H32IN3O. The number of likely N-dealkylation sites (tertiary alicyclic amines) is 1. The van der Waals surface area contributed by atoms with Gasteiger partial charge in [-0.05, 0) is 25.2 Å². The number of halogens is 1. The van der Waals surface area contributed by atoms with Gasteiger partial charge in [0, 0.05) is 43.6 Å². The van der Waals surface area contributed by atoms with Crippen LogP contribution in [0.5, 0.6) is 0 Å². The van der Waals surface area contributed by atoms with Gasteiger partial charge in [0.25, 0.3) is 0 Å². The van der Waals surface area contributed by atoms with Crippen LogP contribution in [0.1, 0.15) is 47.5 Å². The van der Waals surface area contributed by atoms with Crippen LogP contribution in [0.2, 0.25) is 0 Å². The highest BCUT2D eigenvalue weighted by Gasteiger charge is 2.59. The number of hydrogen-bond donors (Lipinski definition) is 1. The molecule has 0 aromatic rings. The van der Waals surface area contributed by atoms with E-state index in [0.717, 1.165) is 32.2 Å². The molecule has 3 unspecified atom stereocenters. The zero-order chi connectivity index (χ0) is 15.3. The maximum atomic E-state index is 5.90. The first kappa shape index (κ1) is 18.3. The number of rotatable bonds is 2. The zero-order valence-electron chi connectivity index (χ0n) is 14.7. The summed E-state index contributed by atoms with van der Waals surface area (Å²) in [4.78, 5) is 7.21. The van der Waals surface area contributed by atoms with Crippen molar-refractivity contribution in [1.29, 1.82) is 0 Å². The molecule has 2 heterocycles. The molecule has 128 valence electrons. The van der Waals surface area contributed by atoms with Crippen molar-refractivity contribution in [3.05, 3.63) is 0 Å². The van der Waals surface area contributed by atoms with Crippen molar-refractivity contribution < 1.29 is 4.74 Å². The van der Waals surface area contributed by atoms with Crippen LogP contribution in [0, 0.1) is 16.7 Å². The molecule has 4 nitrogen and oxygen atoms in total. The Morgan fingerprint density at radius 1 is 1.32 bits per heavy atom. The number of aliphatic imine (C=N–C) groups is 1. The van der Waals surface area contributed by atoms with Gasteiger partial charge in [0.1, 0.15) is 0 Å². The topological polar surface area (TPSA) is 36.9 Å². The number of nitrogens with one attached hydrogen (secondary N) is 1. The minimum atomic E-state index is 0. The Labute approximate surface area is 152 Å². The van der Waals surface area contributed by atoms with Gasteiger partial charge in [-0.2, -0.15) is 0 Å². The molecule has 1 saturated carbocycles. The first-order valence-corrected chi connectivity index (χ1v) is 8.53. The van der Waals surface area contributed by atoms with E-state index in [1.807, 2.05) is 0 Å². The molecule has 1 N–H and O–H groups in total. The van der Waals surface area contributed by atoms with Crippen molar-refractivity contribution in [2.75, 3.05) is 26.2 Å². The minimum Gasteiger partial charge on any atom is -0.377 e. The Morgan fingerprint density at radius 2 is 2.05 bits per heavy atom. The van der Waals surface area contributed by atoms with Crippen molar-refractivity contribution in [3.8, 4) is 0 Å². The summed E-state index contributed by atoms with van der Waals surface area (Å²) in [6.45, 7) is 15.5. The number of ether oxygens (including phenoxy) is 1. The SMILES string of the molecule is CCN=C(NC1C2CCOC2C1(C)C)N1CCC(C)(C)C1.I. The Hall–Kier alpha value is -0.0400. The van der Waals surface area contributed by atoms with E-state index < -0.39 is 0 Å². The normalized spacial score (nSPS) is 35.6. The molecule has 22 heavy (non-hydrogen) atoms. The smallest absolute Gasteiger partial charge is 0.194 e. The number of guanidine groups is 1. The van der Waals surface area contributed by atoms with Gasteiger partial charge in [-0.3, -0.25) is 4.99 Å². The van der Waals surface area contributed by atoms with Crippen molar-refractivity contribution >= 4 is 29.9 Å². The minimum absolute atomic E-state index is 0. The highest BCUT2D eigenvalue weighted by Crippen LogP contribution is 2.52. The third-order valence-electron chi connectivity index (χ3n) is 5.67. The van der Waals surface area contributed by atoms with Gasteiger partial charge < -0.3 is 15.0 Å². The van der Waals surface area contributed by atoms with Gasteiger partial charge in [-0.1, -0.05) is 27.7 Å². The Balaban J connectivity index is 0.00000176. The molecule has 3 atom stereocenters. The molecular weight excluding hydrogens is 389 g/mol. The number of nitrogens with zero attached hydrogens (tertiary/aromatic N) is 2. The molecule has 2 aliphatic heterocycles. The highest BCUT2D eigenvalue weighted by molar-refractivity contribution is 14.0. The maximum Gasteiger partial charge on any atom is 0.194 e. The second-order valence-corrected chi connectivity index (χ2v) is 8.32. The third kappa shape index (κ3) is 3.12. The van der Waals surface area contributed by atoms with E-state index in [1.54, 1.807) is 0 Å². The molecule has 3 aliphatic rings. The summed E-state index contributed by atoms with van der Waals surface area (Å²) in [5, 5.41) is 3.79. The van der Waals surface area contributed by atoms with Crippen LogP contribution in [-0.2, 0) is 4.74 Å². The van der Waals surface area contributed by atoms with E-state index in [0.29, 0.717) is 23.5 Å². The monoisotopic (exact) mass is 421 g/mol. The molecule has 3 fully saturated rings. The average molecular weight is 421 g/mol. The quantitative estimate of drug-likeness (QED) is 0.423. The van der Waals surface area contributed by atoms with Crippen LogP contribution in [0.25, 0.3) is 0 Å². The molecule has 0 amide bonds. The molecule has 0 aromatic carbocycles. The van der Waals surface area contributed by atoms with Crippen molar-refractivity contribution in [3.63, 3.8) is 0 Å². The largest absolute Gasteiger partial charge is 0.377 e. The first-order valence-electron chi connectivity index (χ1n) is 8.53. The van der Waals surface area contributed by atoms with Gasteiger partial charge in [0.15, 0.2) is 5.96 Å². The van der Waals surface area contributed by atoms with Crippen LogP contribution >= 0.6 is 24.0 Å². The fourth-order valence-electron chi connectivity index (χ4n) is 4.44. The molecule has 0 bridgehead atoms. The van der Waals surface area contributed by atoms with E-state index in [4.69, 9.17) is 9.73 Å². The summed E-state index contributed by atoms with van der Waals surface area (Å²) in [5.41, 5.74) is 0.620. The van der Waals surface area contributed by atoms with E-state index in [2.05, 4.69) is 44.8 Å². The lowest BCUT2D eigenvalue weighted by Gasteiger charge is -2.55. The molecule has 3 rings (SSSR count). The molecule has 1 aliphatic carbocycles. The second-order valence-electron chi connectivity index (χ2n) is 8.32. The molecule has 5 heteroatoms. The Kier molecular flexibility index (Phi) is 5.37. The summed E-state index contributed by atoms with van der Waals surface area (Å²) < 4.78 is 5.90. The summed E-state index contributed by atoms with van der Waals surface area (Å²) >= 11 is 0.